The van der Waals surface area contributed by atoms with Crippen molar-refractivity contribution in [2.75, 3.05) is 6.61 Å². The standard InChI is InChI=1S/C28H40O/c1-3-7-23-10-12-24(13-11-23)8-5-6-9-25-14-16-26(17-15-25)27-18-20-28(21-19-27)29-22-4-2/h5,8,18-21,23-26H,3-4,7,10-17,22H2,1-2H3. The van der Waals surface area contributed by atoms with Gasteiger partial charge in [0.2, 0.25) is 0 Å². The second-order valence-corrected chi connectivity index (χ2v) is 9.18. The average Bonchev–Trinajstić information content (AvgIpc) is 2.77. The first-order valence-electron chi connectivity index (χ1n) is 12.2. The lowest BCUT2D eigenvalue weighted by Gasteiger charge is -2.26. The molecule has 0 aromatic heterocycles. The third-order valence-electron chi connectivity index (χ3n) is 6.88. The quantitative estimate of drug-likeness (QED) is 0.428. The van der Waals surface area contributed by atoms with Crippen molar-refractivity contribution < 1.29 is 4.74 Å². The smallest absolute Gasteiger partial charge is 0.119 e. The van der Waals surface area contributed by atoms with E-state index in [2.05, 4.69) is 62.1 Å². The van der Waals surface area contributed by atoms with Crippen molar-refractivity contribution in [2.24, 2.45) is 17.8 Å². The third kappa shape index (κ3) is 7.26. The second-order valence-electron chi connectivity index (χ2n) is 9.18. The van der Waals surface area contributed by atoms with Gasteiger partial charge >= 0.3 is 0 Å². The minimum Gasteiger partial charge on any atom is -0.494 e. The van der Waals surface area contributed by atoms with Crippen LogP contribution in [0.2, 0.25) is 0 Å². The van der Waals surface area contributed by atoms with E-state index in [4.69, 9.17) is 4.74 Å². The lowest BCUT2D eigenvalue weighted by Crippen LogP contribution is -2.12. The van der Waals surface area contributed by atoms with E-state index in [1.54, 1.807) is 0 Å². The summed E-state index contributed by atoms with van der Waals surface area (Å²) in [6.07, 6.45) is 19.0. The number of rotatable bonds is 7. The molecule has 158 valence electrons. The highest BCUT2D eigenvalue weighted by Crippen LogP contribution is 2.36. The van der Waals surface area contributed by atoms with Gasteiger partial charge in [-0.1, -0.05) is 56.7 Å². The van der Waals surface area contributed by atoms with Gasteiger partial charge in [0.25, 0.3) is 0 Å². The largest absolute Gasteiger partial charge is 0.494 e. The van der Waals surface area contributed by atoms with E-state index < -0.39 is 0 Å². The van der Waals surface area contributed by atoms with Crippen LogP contribution in [-0.4, -0.2) is 6.61 Å². The molecule has 1 aromatic rings. The molecule has 29 heavy (non-hydrogen) atoms. The first kappa shape index (κ1) is 22.0. The van der Waals surface area contributed by atoms with Crippen LogP contribution >= 0.6 is 0 Å². The van der Waals surface area contributed by atoms with Crippen LogP contribution in [-0.2, 0) is 0 Å². The van der Waals surface area contributed by atoms with Crippen molar-refractivity contribution in [1.82, 2.24) is 0 Å². The summed E-state index contributed by atoms with van der Waals surface area (Å²) in [6, 6.07) is 8.80. The van der Waals surface area contributed by atoms with E-state index >= 15 is 0 Å². The summed E-state index contributed by atoms with van der Waals surface area (Å²) in [4.78, 5) is 0. The molecule has 0 unspecified atom stereocenters. The van der Waals surface area contributed by atoms with Crippen LogP contribution in [0.4, 0.5) is 0 Å². The zero-order valence-electron chi connectivity index (χ0n) is 18.7. The van der Waals surface area contributed by atoms with E-state index in [9.17, 15) is 0 Å². The highest BCUT2D eigenvalue weighted by molar-refractivity contribution is 5.30. The molecular formula is C28H40O. The Hall–Kier alpha value is -1.68. The fourth-order valence-electron chi connectivity index (χ4n) is 5.05. The van der Waals surface area contributed by atoms with Crippen molar-refractivity contribution in [1.29, 1.82) is 0 Å². The lowest BCUT2D eigenvalue weighted by atomic mass is 9.79. The average molecular weight is 393 g/mol. The molecule has 0 aliphatic heterocycles. The molecular weight excluding hydrogens is 352 g/mol. The van der Waals surface area contributed by atoms with E-state index in [1.807, 2.05) is 0 Å². The molecule has 1 heteroatoms. The Morgan fingerprint density at radius 2 is 1.62 bits per heavy atom. The first-order valence-corrected chi connectivity index (χ1v) is 12.2. The zero-order valence-corrected chi connectivity index (χ0v) is 18.7. The van der Waals surface area contributed by atoms with E-state index in [0.29, 0.717) is 11.8 Å². The fourth-order valence-corrected chi connectivity index (χ4v) is 5.05. The molecule has 2 saturated carbocycles. The van der Waals surface area contributed by atoms with Crippen LogP contribution in [0, 0.1) is 29.6 Å². The first-order chi connectivity index (χ1) is 14.3. The van der Waals surface area contributed by atoms with Crippen molar-refractivity contribution in [2.45, 2.75) is 90.4 Å². The van der Waals surface area contributed by atoms with Crippen LogP contribution in [0.3, 0.4) is 0 Å². The van der Waals surface area contributed by atoms with Crippen molar-refractivity contribution >= 4 is 0 Å². The summed E-state index contributed by atoms with van der Waals surface area (Å²) >= 11 is 0. The lowest BCUT2D eigenvalue weighted by molar-refractivity contribution is 0.294. The molecule has 3 rings (SSSR count). The molecule has 1 aromatic carbocycles. The van der Waals surface area contributed by atoms with Crippen molar-refractivity contribution in [3.8, 4) is 17.6 Å². The van der Waals surface area contributed by atoms with Crippen LogP contribution in [0.15, 0.2) is 36.4 Å². The Balaban J connectivity index is 1.38. The van der Waals surface area contributed by atoms with Gasteiger partial charge in [0.15, 0.2) is 0 Å². The number of allylic oxidation sites excluding steroid dienone is 2. The zero-order chi connectivity index (χ0) is 20.3. The maximum absolute atomic E-state index is 5.70. The number of hydrogen-bond donors (Lipinski definition) is 0. The van der Waals surface area contributed by atoms with Crippen LogP contribution in [0.25, 0.3) is 0 Å². The Morgan fingerprint density at radius 3 is 2.28 bits per heavy atom. The maximum atomic E-state index is 5.70. The Morgan fingerprint density at radius 1 is 0.897 bits per heavy atom. The van der Waals surface area contributed by atoms with Crippen molar-refractivity contribution in [3.05, 3.63) is 42.0 Å². The van der Waals surface area contributed by atoms with Crippen LogP contribution in [0.1, 0.15) is 96.0 Å². The van der Waals surface area contributed by atoms with Gasteiger partial charge in [0.1, 0.15) is 5.75 Å². The van der Waals surface area contributed by atoms with Gasteiger partial charge in [-0.2, -0.15) is 0 Å². The summed E-state index contributed by atoms with van der Waals surface area (Å²) in [7, 11) is 0. The molecule has 1 nitrogen and oxygen atoms in total. The van der Waals surface area contributed by atoms with Gasteiger partial charge in [-0.05, 0) is 99.3 Å². The molecule has 2 aliphatic rings. The van der Waals surface area contributed by atoms with Gasteiger partial charge in [-0.25, -0.2) is 0 Å². The Kier molecular flexibility index (Phi) is 9.20. The van der Waals surface area contributed by atoms with Crippen molar-refractivity contribution in [3.63, 3.8) is 0 Å². The number of hydrogen-bond acceptors (Lipinski definition) is 1. The molecule has 0 spiro atoms. The van der Waals surface area contributed by atoms with Gasteiger partial charge in [-0.15, -0.1) is 0 Å². The summed E-state index contributed by atoms with van der Waals surface area (Å²) in [5, 5.41) is 0. The second kappa shape index (κ2) is 12.1. The van der Waals surface area contributed by atoms with Crippen LogP contribution in [0.5, 0.6) is 5.75 Å². The topological polar surface area (TPSA) is 9.23 Å². The molecule has 0 radical (unpaired) electrons. The van der Waals surface area contributed by atoms with Gasteiger partial charge < -0.3 is 4.74 Å². The molecule has 0 atom stereocenters. The highest BCUT2D eigenvalue weighted by atomic mass is 16.5. The number of benzene rings is 1. The highest BCUT2D eigenvalue weighted by Gasteiger charge is 2.21. The fraction of sp³-hybridized carbons (Fsp3) is 0.643. The summed E-state index contributed by atoms with van der Waals surface area (Å²) in [5.41, 5.74) is 1.47. The molecule has 2 aliphatic carbocycles. The van der Waals surface area contributed by atoms with Gasteiger partial charge in [0.05, 0.1) is 6.61 Å². The number of ether oxygens (including phenoxy) is 1. The molecule has 0 N–H and O–H groups in total. The third-order valence-corrected chi connectivity index (χ3v) is 6.88. The molecule has 2 fully saturated rings. The van der Waals surface area contributed by atoms with Gasteiger partial charge in [0, 0.05) is 5.92 Å². The Bertz CT molecular complexity index is 659. The Labute approximate surface area is 179 Å². The summed E-state index contributed by atoms with van der Waals surface area (Å²) in [6.45, 7) is 5.26. The predicted molar refractivity (Wildman–Crippen MR) is 124 cm³/mol. The predicted octanol–water partition coefficient (Wildman–Crippen LogP) is 7.92. The summed E-state index contributed by atoms with van der Waals surface area (Å²) < 4.78 is 5.70. The SMILES string of the molecule is CCCOc1ccc(C2CCC(C#CC=CC3CCC(CCC)CC3)CC2)cc1. The monoisotopic (exact) mass is 392 g/mol. The van der Waals surface area contributed by atoms with E-state index in [1.165, 1.54) is 69.8 Å². The molecule has 0 amide bonds. The minimum absolute atomic E-state index is 0.586. The molecule has 0 heterocycles. The molecule has 0 saturated heterocycles. The van der Waals surface area contributed by atoms with E-state index in [0.717, 1.165) is 30.6 Å². The van der Waals surface area contributed by atoms with E-state index in [-0.39, 0.29) is 0 Å². The molecule has 0 bridgehead atoms. The summed E-state index contributed by atoms with van der Waals surface area (Å²) in [5.74, 6) is 11.0. The maximum Gasteiger partial charge on any atom is 0.119 e. The minimum atomic E-state index is 0.586. The van der Waals surface area contributed by atoms with Crippen LogP contribution < -0.4 is 4.74 Å². The van der Waals surface area contributed by atoms with Gasteiger partial charge in [-0.3, -0.25) is 0 Å². The normalized spacial score (nSPS) is 27.4.